The Labute approximate surface area is 159 Å². The van der Waals surface area contributed by atoms with Crippen LogP contribution in [0.25, 0.3) is 21.8 Å². The van der Waals surface area contributed by atoms with Gasteiger partial charge in [0, 0.05) is 22.3 Å². The average Bonchev–Trinajstić information content (AvgIpc) is 2.68. The summed E-state index contributed by atoms with van der Waals surface area (Å²) in [6.45, 7) is 4.61. The number of benzene rings is 2. The van der Waals surface area contributed by atoms with E-state index in [1.165, 1.54) is 45.3 Å². The molecule has 3 aromatic rings. The maximum Gasteiger partial charge on any atom is 0.197 e. The molecule has 136 valence electrons. The van der Waals surface area contributed by atoms with Gasteiger partial charge in [0.15, 0.2) is 5.43 Å². The van der Waals surface area contributed by atoms with Crippen molar-refractivity contribution in [2.45, 2.75) is 38.6 Å². The van der Waals surface area contributed by atoms with Gasteiger partial charge in [0.1, 0.15) is 0 Å². The average molecular weight is 369 g/mol. The maximum absolute atomic E-state index is 12.9. The highest BCUT2D eigenvalue weighted by molar-refractivity contribution is 6.31. The molecule has 1 saturated heterocycles. The van der Waals surface area contributed by atoms with Crippen LogP contribution in [0, 0.1) is 0 Å². The summed E-state index contributed by atoms with van der Waals surface area (Å²) in [5.41, 5.74) is 2.07. The second kappa shape index (κ2) is 7.81. The summed E-state index contributed by atoms with van der Waals surface area (Å²) < 4.78 is 2.29. The van der Waals surface area contributed by atoms with Crippen LogP contribution in [0.4, 0.5) is 0 Å². The van der Waals surface area contributed by atoms with Gasteiger partial charge in [-0.15, -0.1) is 0 Å². The summed E-state index contributed by atoms with van der Waals surface area (Å²) >= 11 is 6.15. The van der Waals surface area contributed by atoms with E-state index in [2.05, 4.69) is 15.5 Å². The fraction of sp³-hybridized carbons (Fsp3) is 0.409. The van der Waals surface area contributed by atoms with Gasteiger partial charge >= 0.3 is 0 Å². The summed E-state index contributed by atoms with van der Waals surface area (Å²) in [6, 6.07) is 13.6. The van der Waals surface area contributed by atoms with E-state index in [1.54, 1.807) is 6.07 Å². The molecular formula is C22H25ClN2O. The van der Waals surface area contributed by atoms with Crippen molar-refractivity contribution in [3.05, 3.63) is 57.7 Å². The number of hydrogen-bond acceptors (Lipinski definition) is 2. The van der Waals surface area contributed by atoms with Gasteiger partial charge in [-0.25, -0.2) is 0 Å². The molecule has 0 radical (unpaired) electrons. The third-order valence-electron chi connectivity index (χ3n) is 5.49. The third kappa shape index (κ3) is 3.51. The molecule has 1 aromatic heterocycles. The predicted octanol–water partition coefficient (Wildman–Crippen LogP) is 5.07. The maximum atomic E-state index is 12.9. The topological polar surface area (TPSA) is 25.2 Å². The van der Waals surface area contributed by atoms with Crippen LogP contribution in [0.15, 0.2) is 47.3 Å². The van der Waals surface area contributed by atoms with Crippen molar-refractivity contribution in [2.24, 2.45) is 0 Å². The molecule has 0 bridgehead atoms. The zero-order valence-corrected chi connectivity index (χ0v) is 15.8. The van der Waals surface area contributed by atoms with Crippen molar-refractivity contribution in [1.82, 2.24) is 9.47 Å². The second-order valence-corrected chi connectivity index (χ2v) is 7.71. The molecule has 0 aliphatic carbocycles. The lowest BCUT2D eigenvalue weighted by Crippen LogP contribution is -2.30. The van der Waals surface area contributed by atoms with Gasteiger partial charge in [0.05, 0.1) is 11.0 Å². The van der Waals surface area contributed by atoms with Crippen LogP contribution >= 0.6 is 11.6 Å². The van der Waals surface area contributed by atoms with E-state index >= 15 is 0 Å². The summed E-state index contributed by atoms with van der Waals surface area (Å²) in [4.78, 5) is 15.4. The zero-order valence-electron chi connectivity index (χ0n) is 15.1. The highest BCUT2D eigenvalue weighted by Crippen LogP contribution is 2.23. The van der Waals surface area contributed by atoms with Crippen LogP contribution in [-0.4, -0.2) is 29.1 Å². The molecule has 1 aliphatic heterocycles. The van der Waals surface area contributed by atoms with Gasteiger partial charge in [-0.2, -0.15) is 0 Å². The van der Waals surface area contributed by atoms with Crippen LogP contribution in [0.1, 0.15) is 32.1 Å². The molecule has 4 heteroatoms. The van der Waals surface area contributed by atoms with Gasteiger partial charge in [-0.05, 0) is 75.6 Å². The fourth-order valence-electron chi connectivity index (χ4n) is 4.13. The van der Waals surface area contributed by atoms with Crippen molar-refractivity contribution in [2.75, 3.05) is 19.6 Å². The standard InChI is InChI=1S/C22H25ClN2O/c23-17-10-11-21-19(16-17)22(26)18-8-2-3-9-20(18)25(21)15-7-6-14-24-12-4-1-5-13-24/h2-3,8-11,16H,1,4-7,12-15H2. The van der Waals surface area contributed by atoms with Crippen LogP contribution in [0.5, 0.6) is 0 Å². The molecule has 2 heterocycles. The van der Waals surface area contributed by atoms with E-state index in [0.717, 1.165) is 29.4 Å². The Morgan fingerprint density at radius 1 is 0.846 bits per heavy atom. The highest BCUT2D eigenvalue weighted by atomic mass is 35.5. The number of nitrogens with zero attached hydrogens (tertiary/aromatic N) is 2. The lowest BCUT2D eigenvalue weighted by molar-refractivity contribution is 0.224. The Hall–Kier alpha value is -1.84. The number of pyridine rings is 1. The Morgan fingerprint density at radius 2 is 1.58 bits per heavy atom. The number of para-hydroxylation sites is 1. The highest BCUT2D eigenvalue weighted by Gasteiger charge is 2.12. The molecule has 0 amide bonds. The molecule has 1 aliphatic rings. The SMILES string of the molecule is O=c1c2ccccc2n(CCCCN2CCCCC2)c2ccc(Cl)cc12. The van der Waals surface area contributed by atoms with Crippen LogP contribution in [0.2, 0.25) is 5.02 Å². The zero-order chi connectivity index (χ0) is 17.9. The monoisotopic (exact) mass is 368 g/mol. The first-order valence-electron chi connectivity index (χ1n) is 9.67. The van der Waals surface area contributed by atoms with E-state index < -0.39 is 0 Å². The number of aromatic nitrogens is 1. The summed E-state index contributed by atoms with van der Waals surface area (Å²) in [7, 11) is 0. The Morgan fingerprint density at radius 3 is 2.42 bits per heavy atom. The molecule has 4 rings (SSSR count). The van der Waals surface area contributed by atoms with Crippen molar-refractivity contribution in [3.63, 3.8) is 0 Å². The Bertz CT molecular complexity index is 973. The normalized spacial score (nSPS) is 15.7. The molecule has 2 aromatic carbocycles. The first-order chi connectivity index (χ1) is 12.7. The third-order valence-corrected chi connectivity index (χ3v) is 5.72. The molecule has 1 fully saturated rings. The van der Waals surface area contributed by atoms with Crippen LogP contribution < -0.4 is 5.43 Å². The van der Waals surface area contributed by atoms with Crippen molar-refractivity contribution in [1.29, 1.82) is 0 Å². The van der Waals surface area contributed by atoms with E-state index in [-0.39, 0.29) is 5.43 Å². The molecule has 0 atom stereocenters. The lowest BCUT2D eigenvalue weighted by atomic mass is 10.1. The van der Waals surface area contributed by atoms with E-state index in [4.69, 9.17) is 11.6 Å². The van der Waals surface area contributed by atoms with E-state index in [0.29, 0.717) is 10.4 Å². The smallest absolute Gasteiger partial charge is 0.197 e. The number of aryl methyl sites for hydroxylation is 1. The molecule has 0 unspecified atom stereocenters. The van der Waals surface area contributed by atoms with Gasteiger partial charge in [0.25, 0.3) is 0 Å². The predicted molar refractivity (Wildman–Crippen MR) is 110 cm³/mol. The minimum Gasteiger partial charge on any atom is -0.340 e. The molecule has 0 spiro atoms. The Balaban J connectivity index is 1.62. The largest absolute Gasteiger partial charge is 0.340 e. The summed E-state index contributed by atoms with van der Waals surface area (Å²) in [6.07, 6.45) is 6.37. The molecule has 3 nitrogen and oxygen atoms in total. The van der Waals surface area contributed by atoms with Crippen molar-refractivity contribution < 1.29 is 0 Å². The molecule has 0 N–H and O–H groups in total. The van der Waals surface area contributed by atoms with Crippen molar-refractivity contribution in [3.8, 4) is 0 Å². The summed E-state index contributed by atoms with van der Waals surface area (Å²) in [5, 5.41) is 2.10. The Kier molecular flexibility index (Phi) is 5.28. The number of piperidine rings is 1. The molecule has 26 heavy (non-hydrogen) atoms. The minimum atomic E-state index is 0.0719. The summed E-state index contributed by atoms with van der Waals surface area (Å²) in [5.74, 6) is 0. The molecule has 0 saturated carbocycles. The number of fused-ring (bicyclic) bond motifs is 2. The van der Waals surface area contributed by atoms with Gasteiger partial charge in [-0.3, -0.25) is 4.79 Å². The fourth-order valence-corrected chi connectivity index (χ4v) is 4.30. The van der Waals surface area contributed by atoms with E-state index in [9.17, 15) is 4.79 Å². The van der Waals surface area contributed by atoms with Gasteiger partial charge < -0.3 is 9.47 Å². The number of rotatable bonds is 5. The quantitative estimate of drug-likeness (QED) is 0.463. The molecular weight excluding hydrogens is 344 g/mol. The first kappa shape index (κ1) is 17.6. The van der Waals surface area contributed by atoms with Crippen LogP contribution in [-0.2, 0) is 6.54 Å². The van der Waals surface area contributed by atoms with Gasteiger partial charge in [0.2, 0.25) is 0 Å². The lowest BCUT2D eigenvalue weighted by Gasteiger charge is -2.26. The van der Waals surface area contributed by atoms with Gasteiger partial charge in [-0.1, -0.05) is 30.2 Å². The van der Waals surface area contributed by atoms with E-state index in [1.807, 2.05) is 30.3 Å². The minimum absolute atomic E-state index is 0.0719. The number of halogens is 1. The second-order valence-electron chi connectivity index (χ2n) is 7.27. The number of likely N-dealkylation sites (tertiary alicyclic amines) is 1. The van der Waals surface area contributed by atoms with Crippen molar-refractivity contribution >= 4 is 33.4 Å². The number of unbranched alkanes of at least 4 members (excludes halogenated alkanes) is 1. The number of hydrogen-bond donors (Lipinski definition) is 0. The van der Waals surface area contributed by atoms with Crippen LogP contribution in [0.3, 0.4) is 0 Å². The first-order valence-corrected chi connectivity index (χ1v) is 10.0.